The zero-order chi connectivity index (χ0) is 23.2. The van der Waals surface area contributed by atoms with Crippen LogP contribution < -0.4 is 15.0 Å². The van der Waals surface area contributed by atoms with Crippen molar-refractivity contribution in [1.82, 2.24) is 15.3 Å². The number of hydrogen-bond acceptors (Lipinski definition) is 6. The number of benzene rings is 1. The highest BCUT2D eigenvalue weighted by molar-refractivity contribution is 6.30. The van der Waals surface area contributed by atoms with Gasteiger partial charge in [-0.05, 0) is 75.1 Å². The van der Waals surface area contributed by atoms with Crippen molar-refractivity contribution in [2.24, 2.45) is 5.92 Å². The summed E-state index contributed by atoms with van der Waals surface area (Å²) in [6, 6.07) is 4.05. The van der Waals surface area contributed by atoms with E-state index in [0.29, 0.717) is 30.8 Å². The summed E-state index contributed by atoms with van der Waals surface area (Å²) in [4.78, 5) is 23.6. The second kappa shape index (κ2) is 11.2. The lowest BCUT2D eigenvalue weighted by atomic mass is 9.92. The summed E-state index contributed by atoms with van der Waals surface area (Å²) in [5.74, 6) is 2.27. The van der Waals surface area contributed by atoms with Gasteiger partial charge in [-0.2, -0.15) is 0 Å². The Balaban J connectivity index is 1.20. The maximum atomic E-state index is 12.7. The molecule has 2 saturated heterocycles. The minimum absolute atomic E-state index is 0.0256. The number of aryl methyl sites for hydroxylation is 2. The third-order valence-corrected chi connectivity index (χ3v) is 6.72. The van der Waals surface area contributed by atoms with E-state index < -0.39 is 0 Å². The van der Waals surface area contributed by atoms with Crippen LogP contribution in [-0.4, -0.2) is 54.8 Å². The molecule has 1 aromatic carbocycles. The van der Waals surface area contributed by atoms with Crippen molar-refractivity contribution in [1.29, 1.82) is 0 Å². The van der Waals surface area contributed by atoms with Crippen molar-refractivity contribution < 1.29 is 14.3 Å². The van der Waals surface area contributed by atoms with Crippen molar-refractivity contribution in [3.8, 4) is 5.75 Å². The molecule has 0 unspecified atom stereocenters. The van der Waals surface area contributed by atoms with Crippen LogP contribution in [-0.2, 0) is 4.74 Å². The molecule has 1 N–H and O–H groups in total. The van der Waals surface area contributed by atoms with Gasteiger partial charge in [-0.1, -0.05) is 11.6 Å². The van der Waals surface area contributed by atoms with E-state index >= 15 is 0 Å². The molecule has 2 aliphatic rings. The van der Waals surface area contributed by atoms with Gasteiger partial charge in [0.05, 0.1) is 36.7 Å². The molecular formula is C25H33ClN4O3. The summed E-state index contributed by atoms with van der Waals surface area (Å²) < 4.78 is 11.4. The lowest BCUT2D eigenvalue weighted by molar-refractivity contribution is 0.0928. The summed E-state index contributed by atoms with van der Waals surface area (Å²) in [7, 11) is 0. The third-order valence-electron chi connectivity index (χ3n) is 6.53. The Hall–Kier alpha value is -2.38. The fraction of sp³-hybridized carbons (Fsp3) is 0.560. The highest BCUT2D eigenvalue weighted by Gasteiger charge is 2.22. The summed E-state index contributed by atoms with van der Waals surface area (Å²) in [5.41, 5.74) is 2.63. The van der Waals surface area contributed by atoms with E-state index in [1.807, 2.05) is 26.0 Å². The maximum Gasteiger partial charge on any atom is 0.252 e. The van der Waals surface area contributed by atoms with Gasteiger partial charge in [0.15, 0.2) is 0 Å². The molecule has 8 heteroatoms. The smallest absolute Gasteiger partial charge is 0.252 e. The molecule has 33 heavy (non-hydrogen) atoms. The average molecular weight is 473 g/mol. The zero-order valence-corrected chi connectivity index (χ0v) is 20.2. The molecule has 1 aromatic heterocycles. The Morgan fingerprint density at radius 1 is 1.18 bits per heavy atom. The van der Waals surface area contributed by atoms with Gasteiger partial charge in [0.1, 0.15) is 5.75 Å². The Morgan fingerprint density at radius 2 is 1.88 bits per heavy atom. The van der Waals surface area contributed by atoms with Crippen molar-refractivity contribution in [2.75, 3.05) is 37.8 Å². The topological polar surface area (TPSA) is 76.6 Å². The normalized spacial score (nSPS) is 19.0. The van der Waals surface area contributed by atoms with Crippen LogP contribution in [0.15, 0.2) is 24.5 Å². The van der Waals surface area contributed by atoms with E-state index in [2.05, 4.69) is 20.2 Å². The molecule has 3 heterocycles. The number of halogens is 1. The van der Waals surface area contributed by atoms with Crippen molar-refractivity contribution in [3.63, 3.8) is 0 Å². The Morgan fingerprint density at radius 3 is 2.52 bits per heavy atom. The van der Waals surface area contributed by atoms with Crippen LogP contribution in [0, 0.1) is 19.8 Å². The average Bonchev–Trinajstić information content (AvgIpc) is 3.30. The van der Waals surface area contributed by atoms with Gasteiger partial charge in [-0.15, -0.1) is 0 Å². The molecule has 2 aromatic rings. The second-order valence-electron chi connectivity index (χ2n) is 9.09. The lowest BCUT2D eigenvalue weighted by Crippen LogP contribution is -2.35. The summed E-state index contributed by atoms with van der Waals surface area (Å²) in [6.07, 6.45) is 8.63. The molecule has 7 nitrogen and oxygen atoms in total. The van der Waals surface area contributed by atoms with Crippen LogP contribution in [0.25, 0.3) is 0 Å². The van der Waals surface area contributed by atoms with Gasteiger partial charge >= 0.3 is 0 Å². The molecule has 1 atom stereocenters. The first-order chi connectivity index (χ1) is 16.0. The number of rotatable bonds is 8. The summed E-state index contributed by atoms with van der Waals surface area (Å²) in [5, 5.41) is 3.64. The molecule has 0 radical (unpaired) electrons. The lowest BCUT2D eigenvalue weighted by Gasteiger charge is -2.32. The first-order valence-corrected chi connectivity index (χ1v) is 12.2. The number of hydrogen-bond donors (Lipinski definition) is 1. The molecule has 0 saturated carbocycles. The molecule has 4 rings (SSSR count). The Bertz CT molecular complexity index is 916. The molecule has 2 fully saturated rings. The van der Waals surface area contributed by atoms with E-state index in [9.17, 15) is 4.79 Å². The minimum Gasteiger partial charge on any atom is -0.494 e. The number of piperidine rings is 1. The Labute approximate surface area is 200 Å². The molecule has 0 spiro atoms. The predicted molar refractivity (Wildman–Crippen MR) is 129 cm³/mol. The fourth-order valence-electron chi connectivity index (χ4n) is 4.72. The SMILES string of the molecule is Cc1cc(OCCCC2CCN(c3ncc(Cl)cn3)CC2)cc(C)c1C(=O)N[C@H]1CCOC1. The molecule has 1 amide bonds. The number of amides is 1. The van der Waals surface area contributed by atoms with E-state index in [1.165, 1.54) is 0 Å². The quantitative estimate of drug-likeness (QED) is 0.576. The van der Waals surface area contributed by atoms with Crippen LogP contribution in [0.1, 0.15) is 53.6 Å². The fourth-order valence-corrected chi connectivity index (χ4v) is 4.82. The number of ether oxygens (including phenoxy) is 2. The van der Waals surface area contributed by atoms with Crippen molar-refractivity contribution in [3.05, 3.63) is 46.2 Å². The summed E-state index contributed by atoms with van der Waals surface area (Å²) >= 11 is 5.88. The van der Waals surface area contributed by atoms with Crippen LogP contribution in [0.5, 0.6) is 5.75 Å². The maximum absolute atomic E-state index is 12.7. The number of carbonyl (C=O) groups excluding carboxylic acids is 1. The highest BCUT2D eigenvalue weighted by atomic mass is 35.5. The number of anilines is 1. The summed E-state index contributed by atoms with van der Waals surface area (Å²) in [6.45, 7) is 7.88. The van der Waals surface area contributed by atoms with Crippen LogP contribution in [0.2, 0.25) is 5.02 Å². The van der Waals surface area contributed by atoms with Gasteiger partial charge in [-0.3, -0.25) is 4.79 Å². The van der Waals surface area contributed by atoms with E-state index in [4.69, 9.17) is 21.1 Å². The minimum atomic E-state index is -0.0256. The molecular weight excluding hydrogens is 440 g/mol. The van der Waals surface area contributed by atoms with Crippen molar-refractivity contribution in [2.45, 2.75) is 52.0 Å². The van der Waals surface area contributed by atoms with Crippen LogP contribution in [0.4, 0.5) is 5.95 Å². The molecule has 2 aliphatic heterocycles. The van der Waals surface area contributed by atoms with Crippen molar-refractivity contribution >= 4 is 23.5 Å². The van der Waals surface area contributed by atoms with E-state index in [1.54, 1.807) is 12.4 Å². The van der Waals surface area contributed by atoms with Gasteiger partial charge in [0.25, 0.3) is 5.91 Å². The predicted octanol–water partition coefficient (Wildman–Crippen LogP) is 4.34. The monoisotopic (exact) mass is 472 g/mol. The number of nitrogens with one attached hydrogen (secondary N) is 1. The van der Waals surface area contributed by atoms with E-state index in [0.717, 1.165) is 73.6 Å². The molecule has 0 aliphatic carbocycles. The van der Waals surface area contributed by atoms with Gasteiger partial charge in [-0.25, -0.2) is 9.97 Å². The van der Waals surface area contributed by atoms with Gasteiger partial charge in [0.2, 0.25) is 5.95 Å². The first-order valence-electron chi connectivity index (χ1n) is 11.8. The number of aromatic nitrogens is 2. The largest absolute Gasteiger partial charge is 0.494 e. The Kier molecular flexibility index (Phi) is 8.04. The van der Waals surface area contributed by atoms with E-state index in [-0.39, 0.29) is 11.9 Å². The number of nitrogens with zero attached hydrogens (tertiary/aromatic N) is 3. The molecule has 0 bridgehead atoms. The van der Waals surface area contributed by atoms with Crippen LogP contribution >= 0.6 is 11.6 Å². The highest BCUT2D eigenvalue weighted by Crippen LogP contribution is 2.26. The molecule has 178 valence electrons. The third kappa shape index (κ3) is 6.36. The second-order valence-corrected chi connectivity index (χ2v) is 9.52. The standard InChI is InChI=1S/C25H33ClN4O3/c1-17-12-22(13-18(2)23(17)24(31)29-21-7-11-32-16-21)33-10-3-4-19-5-8-30(9-6-19)25-27-14-20(26)15-28-25/h12-15,19,21H,3-11,16H2,1-2H3,(H,29,31)/t21-/m0/s1. The van der Waals surface area contributed by atoms with Crippen LogP contribution in [0.3, 0.4) is 0 Å². The van der Waals surface area contributed by atoms with Gasteiger partial charge < -0.3 is 19.7 Å². The number of carbonyl (C=O) groups is 1. The van der Waals surface area contributed by atoms with Gasteiger partial charge in [0, 0.05) is 25.3 Å². The first kappa shape index (κ1) is 23.8. The zero-order valence-electron chi connectivity index (χ0n) is 19.5.